The van der Waals surface area contributed by atoms with Crippen LogP contribution in [0.3, 0.4) is 0 Å². The summed E-state index contributed by atoms with van der Waals surface area (Å²) in [5, 5.41) is 5.47. The topological polar surface area (TPSA) is 38.1 Å². The van der Waals surface area contributed by atoms with Gasteiger partial charge < -0.3 is 4.90 Å². The third-order valence-corrected chi connectivity index (χ3v) is 7.23. The van der Waals surface area contributed by atoms with Crippen molar-refractivity contribution in [2.75, 3.05) is 0 Å². The second-order valence-electron chi connectivity index (χ2n) is 9.75. The number of aromatic nitrogens is 2. The Bertz CT molecular complexity index is 1340. The third kappa shape index (κ3) is 4.02. The number of alkyl halides is 1. The summed E-state index contributed by atoms with van der Waals surface area (Å²) in [5.41, 5.74) is 5.91. The van der Waals surface area contributed by atoms with Crippen LogP contribution in [0.4, 0.5) is 4.39 Å². The van der Waals surface area contributed by atoms with Crippen LogP contribution >= 0.6 is 11.6 Å². The number of fused-ring (bicyclic) bond motifs is 1. The number of benzene rings is 2. The standard InChI is InChI=1S/C29H29ClFN3O/c1-17(2)27-24-26(32-33(27)16-20-10-6-5-7-11-20)29(35)34(23-12-8-9-18(3)25(23)31)28(24)22-14-13-21(30)15-19(22)4/h5-15,17,23,25,28H,16H2,1-4H3. The summed E-state index contributed by atoms with van der Waals surface area (Å²) in [6, 6.07) is 14.6. The van der Waals surface area contributed by atoms with Crippen molar-refractivity contribution in [2.24, 2.45) is 0 Å². The van der Waals surface area contributed by atoms with Crippen LogP contribution in [0.25, 0.3) is 0 Å². The molecule has 0 spiro atoms. The second-order valence-corrected chi connectivity index (χ2v) is 10.2. The van der Waals surface area contributed by atoms with Crippen LogP contribution in [0.2, 0.25) is 5.02 Å². The van der Waals surface area contributed by atoms with Gasteiger partial charge in [0.15, 0.2) is 5.69 Å². The SMILES string of the molecule is CC1=CC=CC(N2C(=O)c3nn(Cc4ccccc4)c(C(C)C)c3C2c2ccc(Cl)cc2C)C1F. The van der Waals surface area contributed by atoms with E-state index < -0.39 is 18.3 Å². The molecule has 1 aromatic heterocycles. The molecule has 0 bridgehead atoms. The van der Waals surface area contributed by atoms with Crippen LogP contribution in [0.1, 0.15) is 71.2 Å². The molecule has 0 N–H and O–H groups in total. The van der Waals surface area contributed by atoms with E-state index in [-0.39, 0.29) is 11.8 Å². The molecule has 180 valence electrons. The van der Waals surface area contributed by atoms with Gasteiger partial charge in [0.1, 0.15) is 6.17 Å². The fourth-order valence-corrected chi connectivity index (χ4v) is 5.58. The molecule has 6 heteroatoms. The Hall–Kier alpha value is -3.18. The highest BCUT2D eigenvalue weighted by Crippen LogP contribution is 2.46. The lowest BCUT2D eigenvalue weighted by Crippen LogP contribution is -2.45. The molecule has 3 aromatic rings. The number of rotatable bonds is 5. The minimum absolute atomic E-state index is 0.113. The molecule has 3 unspecified atom stereocenters. The predicted molar refractivity (Wildman–Crippen MR) is 138 cm³/mol. The molecule has 4 nitrogen and oxygen atoms in total. The van der Waals surface area contributed by atoms with Crippen molar-refractivity contribution in [1.82, 2.24) is 14.7 Å². The van der Waals surface area contributed by atoms with Crippen molar-refractivity contribution in [3.63, 3.8) is 0 Å². The molecule has 0 saturated heterocycles. The van der Waals surface area contributed by atoms with Crippen molar-refractivity contribution >= 4 is 17.5 Å². The highest BCUT2D eigenvalue weighted by Gasteiger charge is 2.48. The fraction of sp³-hybridized carbons (Fsp3) is 0.310. The van der Waals surface area contributed by atoms with Crippen LogP contribution in [0, 0.1) is 6.92 Å². The molecule has 5 rings (SSSR count). The molecule has 0 fully saturated rings. The van der Waals surface area contributed by atoms with Gasteiger partial charge in [-0.2, -0.15) is 5.10 Å². The predicted octanol–water partition coefficient (Wildman–Crippen LogP) is 6.78. The number of allylic oxidation sites excluding steroid dienone is 2. The van der Waals surface area contributed by atoms with Gasteiger partial charge in [0, 0.05) is 16.3 Å². The Morgan fingerprint density at radius 3 is 2.54 bits per heavy atom. The summed E-state index contributed by atoms with van der Waals surface area (Å²) in [6.45, 7) is 8.55. The number of carbonyl (C=O) groups is 1. The molecule has 1 aliphatic heterocycles. The molecule has 0 saturated carbocycles. The van der Waals surface area contributed by atoms with Gasteiger partial charge >= 0.3 is 0 Å². The summed E-state index contributed by atoms with van der Waals surface area (Å²) < 4.78 is 17.5. The Kier molecular flexibility index (Phi) is 6.14. The van der Waals surface area contributed by atoms with Gasteiger partial charge in [-0.05, 0) is 54.2 Å². The van der Waals surface area contributed by atoms with Crippen molar-refractivity contribution in [3.8, 4) is 0 Å². The normalized spacial score (nSPS) is 21.6. The Morgan fingerprint density at radius 2 is 1.86 bits per heavy atom. The monoisotopic (exact) mass is 489 g/mol. The molecule has 35 heavy (non-hydrogen) atoms. The lowest BCUT2D eigenvalue weighted by molar-refractivity contribution is 0.0620. The van der Waals surface area contributed by atoms with Crippen LogP contribution in [0.15, 0.2) is 72.3 Å². The molecule has 2 aromatic carbocycles. The quantitative estimate of drug-likeness (QED) is 0.396. The van der Waals surface area contributed by atoms with E-state index in [0.29, 0.717) is 22.8 Å². The van der Waals surface area contributed by atoms with E-state index in [4.69, 9.17) is 16.7 Å². The average molecular weight is 490 g/mol. The number of amides is 1. The maximum Gasteiger partial charge on any atom is 0.276 e. The van der Waals surface area contributed by atoms with Crippen LogP contribution < -0.4 is 0 Å². The molecule has 2 heterocycles. The summed E-state index contributed by atoms with van der Waals surface area (Å²) in [5.74, 6) is -0.123. The van der Waals surface area contributed by atoms with E-state index in [1.807, 2.05) is 54.1 Å². The largest absolute Gasteiger partial charge is 0.316 e. The molecule has 1 amide bonds. The number of nitrogens with zero attached hydrogens (tertiary/aromatic N) is 3. The van der Waals surface area contributed by atoms with E-state index >= 15 is 4.39 Å². The number of hydrogen-bond donors (Lipinski definition) is 0. The molecule has 0 radical (unpaired) electrons. The zero-order valence-corrected chi connectivity index (χ0v) is 21.1. The first-order valence-corrected chi connectivity index (χ1v) is 12.4. The minimum Gasteiger partial charge on any atom is -0.316 e. The van der Waals surface area contributed by atoms with Gasteiger partial charge in [-0.1, -0.05) is 80.1 Å². The number of aryl methyl sites for hydroxylation is 1. The van der Waals surface area contributed by atoms with Crippen molar-refractivity contribution in [2.45, 2.75) is 58.4 Å². The first-order chi connectivity index (χ1) is 16.8. The number of carbonyl (C=O) groups excluding carboxylic acids is 1. The van der Waals surface area contributed by atoms with Gasteiger partial charge in [-0.15, -0.1) is 0 Å². The van der Waals surface area contributed by atoms with Gasteiger partial charge in [0.05, 0.1) is 18.6 Å². The van der Waals surface area contributed by atoms with Gasteiger partial charge in [-0.25, -0.2) is 4.39 Å². The molecule has 2 aliphatic rings. The Morgan fingerprint density at radius 1 is 1.11 bits per heavy atom. The second kappa shape index (κ2) is 9.12. The Balaban J connectivity index is 1.70. The van der Waals surface area contributed by atoms with Crippen molar-refractivity contribution in [3.05, 3.63) is 111 Å². The maximum atomic E-state index is 15.5. The van der Waals surface area contributed by atoms with Crippen LogP contribution in [-0.4, -0.2) is 32.8 Å². The number of hydrogen-bond acceptors (Lipinski definition) is 2. The van der Waals surface area contributed by atoms with Crippen LogP contribution in [0.5, 0.6) is 0 Å². The first-order valence-electron chi connectivity index (χ1n) is 12.0. The lowest BCUT2D eigenvalue weighted by Gasteiger charge is -2.36. The summed E-state index contributed by atoms with van der Waals surface area (Å²) in [4.78, 5) is 15.6. The molecule has 3 atom stereocenters. The summed E-state index contributed by atoms with van der Waals surface area (Å²) in [7, 11) is 0. The van der Waals surface area contributed by atoms with Crippen LogP contribution in [-0.2, 0) is 6.54 Å². The van der Waals surface area contributed by atoms with E-state index in [0.717, 1.165) is 27.9 Å². The highest BCUT2D eigenvalue weighted by atomic mass is 35.5. The van der Waals surface area contributed by atoms with E-state index in [9.17, 15) is 4.79 Å². The molecular weight excluding hydrogens is 461 g/mol. The van der Waals surface area contributed by atoms with Gasteiger partial charge in [0.25, 0.3) is 5.91 Å². The van der Waals surface area contributed by atoms with Crippen molar-refractivity contribution in [1.29, 1.82) is 0 Å². The van der Waals surface area contributed by atoms with E-state index in [1.54, 1.807) is 24.0 Å². The van der Waals surface area contributed by atoms with Crippen molar-refractivity contribution < 1.29 is 9.18 Å². The number of halogens is 2. The van der Waals surface area contributed by atoms with Gasteiger partial charge in [0.2, 0.25) is 0 Å². The minimum atomic E-state index is -1.28. The molecular formula is C29H29ClFN3O. The summed E-state index contributed by atoms with van der Waals surface area (Å²) >= 11 is 6.28. The third-order valence-electron chi connectivity index (χ3n) is 6.99. The zero-order chi connectivity index (χ0) is 24.9. The average Bonchev–Trinajstić information content (AvgIpc) is 3.31. The highest BCUT2D eigenvalue weighted by molar-refractivity contribution is 6.30. The maximum absolute atomic E-state index is 15.5. The fourth-order valence-electron chi connectivity index (χ4n) is 5.35. The van der Waals surface area contributed by atoms with Gasteiger partial charge in [-0.3, -0.25) is 9.48 Å². The Labute approximate surface area is 210 Å². The zero-order valence-electron chi connectivity index (χ0n) is 20.4. The first kappa shape index (κ1) is 23.6. The summed E-state index contributed by atoms with van der Waals surface area (Å²) in [6.07, 6.45) is 4.11. The lowest BCUT2D eigenvalue weighted by atomic mass is 9.90. The van der Waals surface area contributed by atoms with E-state index in [1.165, 1.54) is 0 Å². The molecule has 1 aliphatic carbocycles. The smallest absolute Gasteiger partial charge is 0.276 e. The van der Waals surface area contributed by atoms with E-state index in [2.05, 4.69) is 26.0 Å².